The van der Waals surface area contributed by atoms with E-state index in [4.69, 9.17) is 10.5 Å². The fraction of sp³-hybridized carbons (Fsp3) is 0.882. The molecule has 9 heteroatoms. The summed E-state index contributed by atoms with van der Waals surface area (Å²) in [5.41, 5.74) is 5.83. The molecule has 7 nitrogen and oxygen atoms in total. The lowest BCUT2D eigenvalue weighted by Gasteiger charge is -2.36. The first-order chi connectivity index (χ1) is 11.7. The summed E-state index contributed by atoms with van der Waals surface area (Å²) >= 11 is 0. The number of nitrogens with two attached hydrogens (primary N) is 1. The topological polar surface area (TPSA) is 79.1 Å². The summed E-state index contributed by atoms with van der Waals surface area (Å²) in [6.45, 7) is 6.85. The van der Waals surface area contributed by atoms with Gasteiger partial charge in [-0.25, -0.2) is 0 Å². The van der Waals surface area contributed by atoms with E-state index in [0.29, 0.717) is 26.1 Å². The molecule has 26 heavy (non-hydrogen) atoms. The highest BCUT2D eigenvalue weighted by atomic mass is 35.5. The number of hydrogen-bond acceptors (Lipinski definition) is 5. The van der Waals surface area contributed by atoms with Gasteiger partial charge in [-0.2, -0.15) is 0 Å². The van der Waals surface area contributed by atoms with Crippen molar-refractivity contribution in [3.05, 3.63) is 0 Å². The van der Waals surface area contributed by atoms with Gasteiger partial charge in [-0.3, -0.25) is 14.5 Å². The lowest BCUT2D eigenvalue weighted by atomic mass is 9.98. The minimum Gasteiger partial charge on any atom is -0.379 e. The fourth-order valence-electron chi connectivity index (χ4n) is 4.01. The molecule has 2 amide bonds. The average molecular weight is 411 g/mol. The third-order valence-corrected chi connectivity index (χ3v) is 5.54. The van der Waals surface area contributed by atoms with Gasteiger partial charge in [0.2, 0.25) is 11.8 Å². The number of ether oxygens (including phenoxy) is 1. The molecule has 0 aromatic carbocycles. The maximum Gasteiger partial charge on any atom is 0.228 e. The number of hydrogen-bond donors (Lipinski definition) is 1. The second-order valence-electron chi connectivity index (χ2n) is 7.11. The van der Waals surface area contributed by atoms with Crippen LogP contribution in [0.3, 0.4) is 0 Å². The van der Waals surface area contributed by atoms with Gasteiger partial charge in [-0.15, -0.1) is 24.8 Å². The molecule has 3 rings (SSSR count). The number of carbonyl (C=O) groups is 2. The van der Waals surface area contributed by atoms with Gasteiger partial charge in [0.1, 0.15) is 0 Å². The molecule has 3 fully saturated rings. The third kappa shape index (κ3) is 5.70. The smallest absolute Gasteiger partial charge is 0.228 e. The predicted octanol–water partition coefficient (Wildman–Crippen LogP) is 0.351. The van der Waals surface area contributed by atoms with Crippen molar-refractivity contribution < 1.29 is 14.3 Å². The molecular weight excluding hydrogens is 379 g/mol. The van der Waals surface area contributed by atoms with Crippen LogP contribution in [0.5, 0.6) is 0 Å². The second kappa shape index (κ2) is 11.3. The average Bonchev–Trinajstić information content (AvgIpc) is 3.01. The van der Waals surface area contributed by atoms with E-state index in [0.717, 1.165) is 58.7 Å². The van der Waals surface area contributed by atoms with Gasteiger partial charge in [0.05, 0.1) is 19.1 Å². The fourth-order valence-corrected chi connectivity index (χ4v) is 4.01. The van der Waals surface area contributed by atoms with Gasteiger partial charge in [0, 0.05) is 58.3 Å². The lowest BCUT2D eigenvalue weighted by Crippen LogP contribution is -2.50. The van der Waals surface area contributed by atoms with E-state index in [9.17, 15) is 9.59 Å². The molecule has 0 bridgehead atoms. The van der Waals surface area contributed by atoms with E-state index in [1.807, 2.05) is 9.80 Å². The normalized spacial score (nSPS) is 27.0. The molecule has 2 N–H and O–H groups in total. The summed E-state index contributed by atoms with van der Waals surface area (Å²) < 4.78 is 5.35. The molecular formula is C17H32Cl2N4O3. The molecule has 3 aliphatic rings. The van der Waals surface area contributed by atoms with E-state index < -0.39 is 0 Å². The maximum absolute atomic E-state index is 12.8. The molecule has 0 aromatic rings. The van der Waals surface area contributed by atoms with Crippen LogP contribution in [0.25, 0.3) is 0 Å². The molecule has 2 atom stereocenters. The first-order valence-corrected chi connectivity index (χ1v) is 9.27. The zero-order chi connectivity index (χ0) is 16.9. The number of likely N-dealkylation sites (tertiary alicyclic amines) is 2. The van der Waals surface area contributed by atoms with Gasteiger partial charge in [-0.1, -0.05) is 0 Å². The highest BCUT2D eigenvalue weighted by Gasteiger charge is 2.38. The number of nitrogens with zero attached hydrogens (tertiary/aromatic N) is 3. The molecule has 0 aromatic heterocycles. The van der Waals surface area contributed by atoms with Crippen LogP contribution in [0, 0.1) is 5.92 Å². The molecule has 3 heterocycles. The summed E-state index contributed by atoms with van der Waals surface area (Å²) in [5, 5.41) is 0. The summed E-state index contributed by atoms with van der Waals surface area (Å²) in [6.07, 6.45) is 3.53. The Bertz CT molecular complexity index is 463. The van der Waals surface area contributed by atoms with Crippen molar-refractivity contribution in [3.63, 3.8) is 0 Å². The molecule has 3 saturated heterocycles. The van der Waals surface area contributed by atoms with Crippen molar-refractivity contribution in [2.24, 2.45) is 11.7 Å². The SMILES string of the molecule is Cl.Cl.NCC1CCCCN1C(=O)C1CC(=O)N(CCN2CCOCC2)C1. The van der Waals surface area contributed by atoms with E-state index in [1.165, 1.54) is 0 Å². The van der Waals surface area contributed by atoms with Crippen molar-refractivity contribution in [1.29, 1.82) is 0 Å². The first-order valence-electron chi connectivity index (χ1n) is 9.27. The van der Waals surface area contributed by atoms with Crippen molar-refractivity contribution in [2.45, 2.75) is 31.7 Å². The first kappa shape index (κ1) is 23.4. The molecule has 3 aliphatic heterocycles. The van der Waals surface area contributed by atoms with Gasteiger partial charge in [-0.05, 0) is 19.3 Å². The number of piperidine rings is 1. The monoisotopic (exact) mass is 410 g/mol. The number of rotatable bonds is 5. The zero-order valence-electron chi connectivity index (χ0n) is 15.3. The number of carbonyl (C=O) groups excluding carboxylic acids is 2. The summed E-state index contributed by atoms with van der Waals surface area (Å²) in [5.74, 6) is 0.0598. The Labute approximate surface area is 168 Å². The molecule has 0 saturated carbocycles. The van der Waals surface area contributed by atoms with Crippen LogP contribution in [0.15, 0.2) is 0 Å². The number of amides is 2. The third-order valence-electron chi connectivity index (χ3n) is 5.54. The van der Waals surface area contributed by atoms with Crippen molar-refractivity contribution in [1.82, 2.24) is 14.7 Å². The number of morpholine rings is 1. The summed E-state index contributed by atoms with van der Waals surface area (Å²) in [7, 11) is 0. The van der Waals surface area contributed by atoms with Crippen molar-refractivity contribution >= 4 is 36.6 Å². The Morgan fingerprint density at radius 2 is 1.85 bits per heavy atom. The van der Waals surface area contributed by atoms with Crippen molar-refractivity contribution in [3.8, 4) is 0 Å². The van der Waals surface area contributed by atoms with Gasteiger partial charge in [0.15, 0.2) is 0 Å². The Morgan fingerprint density at radius 1 is 1.12 bits per heavy atom. The Kier molecular flexibility index (Phi) is 10.2. The summed E-state index contributed by atoms with van der Waals surface area (Å²) in [4.78, 5) is 31.2. The Morgan fingerprint density at radius 3 is 2.54 bits per heavy atom. The molecule has 2 unspecified atom stereocenters. The second-order valence-corrected chi connectivity index (χ2v) is 7.11. The maximum atomic E-state index is 12.8. The minimum absolute atomic E-state index is 0. The van der Waals surface area contributed by atoms with Crippen LogP contribution < -0.4 is 5.73 Å². The van der Waals surface area contributed by atoms with Gasteiger partial charge >= 0.3 is 0 Å². The zero-order valence-corrected chi connectivity index (χ0v) is 16.9. The van der Waals surface area contributed by atoms with E-state index >= 15 is 0 Å². The number of halogens is 2. The lowest BCUT2D eigenvalue weighted by molar-refractivity contribution is -0.139. The van der Waals surface area contributed by atoms with Crippen LogP contribution >= 0.6 is 24.8 Å². The van der Waals surface area contributed by atoms with Crippen LogP contribution in [-0.4, -0.2) is 91.6 Å². The highest BCUT2D eigenvalue weighted by Crippen LogP contribution is 2.24. The predicted molar refractivity (Wildman–Crippen MR) is 105 cm³/mol. The van der Waals surface area contributed by atoms with Crippen LogP contribution in [-0.2, 0) is 14.3 Å². The van der Waals surface area contributed by atoms with Crippen LogP contribution in [0.4, 0.5) is 0 Å². The van der Waals surface area contributed by atoms with Gasteiger partial charge < -0.3 is 20.3 Å². The summed E-state index contributed by atoms with van der Waals surface area (Å²) in [6, 6.07) is 0.156. The van der Waals surface area contributed by atoms with E-state index in [2.05, 4.69) is 4.90 Å². The van der Waals surface area contributed by atoms with Crippen molar-refractivity contribution in [2.75, 3.05) is 59.0 Å². The van der Waals surface area contributed by atoms with Crippen LogP contribution in [0.2, 0.25) is 0 Å². The standard InChI is InChI=1S/C17H30N4O3.2ClH/c18-12-15-3-1-2-4-21(15)17(23)14-11-16(22)20(13-14)6-5-19-7-9-24-10-8-19;;/h14-15H,1-13,18H2;2*1H. The molecule has 152 valence electrons. The largest absolute Gasteiger partial charge is 0.379 e. The Balaban J connectivity index is 0.00000169. The molecule has 0 aliphatic carbocycles. The quantitative estimate of drug-likeness (QED) is 0.707. The Hall–Kier alpha value is -0.600. The highest BCUT2D eigenvalue weighted by molar-refractivity contribution is 5.89. The van der Waals surface area contributed by atoms with E-state index in [1.54, 1.807) is 0 Å². The van der Waals surface area contributed by atoms with E-state index in [-0.39, 0.29) is 48.6 Å². The molecule has 0 radical (unpaired) electrons. The minimum atomic E-state index is -0.186. The van der Waals surface area contributed by atoms with Gasteiger partial charge in [0.25, 0.3) is 0 Å². The van der Waals surface area contributed by atoms with Crippen LogP contribution in [0.1, 0.15) is 25.7 Å². The molecule has 0 spiro atoms.